The molecule has 114 valence electrons. The Labute approximate surface area is 125 Å². The highest BCUT2D eigenvalue weighted by molar-refractivity contribution is 7.91. The summed E-state index contributed by atoms with van der Waals surface area (Å²) < 4.78 is 23.3. The zero-order chi connectivity index (χ0) is 14.6. The number of sulfone groups is 1. The van der Waals surface area contributed by atoms with Crippen LogP contribution in [0.1, 0.15) is 25.7 Å². The van der Waals surface area contributed by atoms with Gasteiger partial charge in [-0.2, -0.15) is 0 Å². The van der Waals surface area contributed by atoms with Crippen molar-refractivity contribution in [3.05, 3.63) is 0 Å². The van der Waals surface area contributed by atoms with E-state index in [1.54, 1.807) is 0 Å². The molecular weight excluding hydrogens is 298 g/mol. The molecule has 8 heteroatoms. The molecule has 20 heavy (non-hydrogen) atoms. The minimum absolute atomic E-state index is 0.0178. The summed E-state index contributed by atoms with van der Waals surface area (Å²) in [5.74, 6) is 0.416. The number of hydrogen-bond acceptors (Lipinski definition) is 4. The SMILES string of the molecule is O=CNCCCCCCN1C(=S)N[C@H]2CS(=O)(=O)C[C@H]21. The number of amides is 1. The number of nitrogens with one attached hydrogen (secondary N) is 2. The summed E-state index contributed by atoms with van der Waals surface area (Å²) in [5.41, 5.74) is 0. The van der Waals surface area contributed by atoms with Gasteiger partial charge < -0.3 is 15.5 Å². The van der Waals surface area contributed by atoms with Gasteiger partial charge in [-0.3, -0.25) is 4.79 Å². The van der Waals surface area contributed by atoms with Crippen molar-refractivity contribution in [1.29, 1.82) is 0 Å². The molecule has 0 aromatic heterocycles. The molecule has 0 spiro atoms. The maximum atomic E-state index is 11.6. The van der Waals surface area contributed by atoms with E-state index in [4.69, 9.17) is 12.2 Å². The molecule has 2 saturated heterocycles. The average Bonchev–Trinajstić information content (AvgIpc) is 2.80. The Morgan fingerprint density at radius 1 is 1.30 bits per heavy atom. The minimum Gasteiger partial charge on any atom is -0.359 e. The van der Waals surface area contributed by atoms with Crippen LogP contribution in [0.5, 0.6) is 0 Å². The normalized spacial score (nSPS) is 27.2. The van der Waals surface area contributed by atoms with Crippen LogP contribution < -0.4 is 10.6 Å². The Bertz CT molecular complexity index is 467. The predicted molar refractivity (Wildman–Crippen MR) is 81.2 cm³/mol. The van der Waals surface area contributed by atoms with Crippen LogP contribution in [0, 0.1) is 0 Å². The van der Waals surface area contributed by atoms with E-state index in [1.165, 1.54) is 0 Å². The number of fused-ring (bicyclic) bond motifs is 1. The Balaban J connectivity index is 1.70. The van der Waals surface area contributed by atoms with Gasteiger partial charge >= 0.3 is 0 Å². The van der Waals surface area contributed by atoms with E-state index in [1.807, 2.05) is 4.90 Å². The van der Waals surface area contributed by atoms with E-state index in [0.29, 0.717) is 5.11 Å². The molecule has 0 radical (unpaired) electrons. The summed E-state index contributed by atoms with van der Waals surface area (Å²) >= 11 is 5.28. The molecule has 2 fully saturated rings. The fourth-order valence-corrected chi connectivity index (χ4v) is 5.15. The van der Waals surface area contributed by atoms with Crippen molar-refractivity contribution in [2.75, 3.05) is 24.6 Å². The van der Waals surface area contributed by atoms with Crippen LogP contribution in [-0.2, 0) is 14.6 Å². The molecule has 1 amide bonds. The Morgan fingerprint density at radius 2 is 2.05 bits per heavy atom. The molecule has 0 aliphatic carbocycles. The van der Waals surface area contributed by atoms with Crippen molar-refractivity contribution in [2.24, 2.45) is 0 Å². The summed E-state index contributed by atoms with van der Waals surface area (Å²) in [6, 6.07) is -0.00600. The van der Waals surface area contributed by atoms with Gasteiger partial charge in [-0.1, -0.05) is 12.8 Å². The maximum absolute atomic E-state index is 11.6. The molecule has 0 saturated carbocycles. The Kier molecular flexibility index (Phi) is 5.20. The fourth-order valence-electron chi connectivity index (χ4n) is 2.86. The summed E-state index contributed by atoms with van der Waals surface area (Å²) in [4.78, 5) is 12.1. The smallest absolute Gasteiger partial charge is 0.207 e. The molecule has 2 N–H and O–H groups in total. The Hall–Kier alpha value is -0.890. The maximum Gasteiger partial charge on any atom is 0.207 e. The van der Waals surface area contributed by atoms with Crippen LogP contribution >= 0.6 is 12.2 Å². The highest BCUT2D eigenvalue weighted by Crippen LogP contribution is 2.24. The van der Waals surface area contributed by atoms with Crippen molar-refractivity contribution >= 4 is 33.6 Å². The van der Waals surface area contributed by atoms with E-state index in [2.05, 4.69) is 10.6 Å². The van der Waals surface area contributed by atoms with Crippen LogP contribution in [0.4, 0.5) is 0 Å². The van der Waals surface area contributed by atoms with E-state index < -0.39 is 9.84 Å². The monoisotopic (exact) mass is 319 g/mol. The van der Waals surface area contributed by atoms with Gasteiger partial charge in [0.15, 0.2) is 14.9 Å². The first-order valence-corrected chi connectivity index (χ1v) is 9.21. The van der Waals surface area contributed by atoms with Gasteiger partial charge in [-0.15, -0.1) is 0 Å². The van der Waals surface area contributed by atoms with Gasteiger partial charge in [0.25, 0.3) is 0 Å². The standard InChI is InChI=1S/C12H21N3O3S2/c16-9-13-5-3-1-2-4-6-15-11-8-20(17,18)7-10(11)14-12(15)19/h9-11H,1-8H2,(H,13,16)(H,14,19)/t10-,11+/m0/s1. The van der Waals surface area contributed by atoms with E-state index >= 15 is 0 Å². The predicted octanol–water partition coefficient (Wildman–Crippen LogP) is -0.351. The fraction of sp³-hybridized carbons (Fsp3) is 0.833. The third-order valence-corrected chi connectivity index (χ3v) is 5.91. The lowest BCUT2D eigenvalue weighted by Crippen LogP contribution is -2.37. The lowest BCUT2D eigenvalue weighted by atomic mass is 10.1. The quantitative estimate of drug-likeness (QED) is 0.362. The number of nitrogens with zero attached hydrogens (tertiary/aromatic N) is 1. The Morgan fingerprint density at radius 3 is 2.80 bits per heavy atom. The molecule has 0 unspecified atom stereocenters. The lowest BCUT2D eigenvalue weighted by Gasteiger charge is -2.23. The minimum atomic E-state index is -2.91. The topological polar surface area (TPSA) is 78.5 Å². The van der Waals surface area contributed by atoms with Crippen LogP contribution in [0.15, 0.2) is 0 Å². The van der Waals surface area contributed by atoms with Crippen LogP contribution in [0.3, 0.4) is 0 Å². The number of carbonyl (C=O) groups excluding carboxylic acids is 1. The van der Waals surface area contributed by atoms with Crippen molar-refractivity contribution in [1.82, 2.24) is 15.5 Å². The van der Waals surface area contributed by atoms with Gasteiger partial charge in [-0.25, -0.2) is 8.42 Å². The van der Waals surface area contributed by atoms with Crippen LogP contribution in [0.25, 0.3) is 0 Å². The molecule has 0 aromatic rings. The molecule has 2 rings (SSSR count). The molecule has 2 aliphatic rings. The summed E-state index contributed by atoms with van der Waals surface area (Å²) in [6.45, 7) is 1.53. The number of carbonyl (C=O) groups is 1. The van der Waals surface area contributed by atoms with Crippen molar-refractivity contribution in [3.8, 4) is 0 Å². The zero-order valence-electron chi connectivity index (χ0n) is 11.4. The number of rotatable bonds is 8. The number of thiocarbonyl (C=S) groups is 1. The molecule has 2 aliphatic heterocycles. The van der Waals surface area contributed by atoms with Crippen molar-refractivity contribution in [3.63, 3.8) is 0 Å². The molecule has 0 bridgehead atoms. The van der Waals surface area contributed by atoms with Crippen LogP contribution in [0.2, 0.25) is 0 Å². The average molecular weight is 319 g/mol. The number of hydrogen-bond donors (Lipinski definition) is 2. The van der Waals surface area contributed by atoms with Gasteiger partial charge in [0.1, 0.15) is 0 Å². The van der Waals surface area contributed by atoms with Crippen molar-refractivity contribution in [2.45, 2.75) is 37.8 Å². The third kappa shape index (κ3) is 3.82. The summed E-state index contributed by atoms with van der Waals surface area (Å²) in [5, 5.41) is 6.45. The van der Waals surface area contributed by atoms with Gasteiger partial charge in [0.05, 0.1) is 23.6 Å². The third-order valence-electron chi connectivity index (χ3n) is 3.85. The molecule has 0 aromatic carbocycles. The highest BCUT2D eigenvalue weighted by Gasteiger charge is 2.46. The summed E-state index contributed by atoms with van der Waals surface area (Å²) in [6.07, 6.45) is 4.80. The molecule has 6 nitrogen and oxygen atoms in total. The van der Waals surface area contributed by atoms with Gasteiger partial charge in [0, 0.05) is 13.1 Å². The first-order valence-electron chi connectivity index (χ1n) is 6.98. The molecule has 2 heterocycles. The van der Waals surface area contributed by atoms with E-state index in [0.717, 1.165) is 45.2 Å². The van der Waals surface area contributed by atoms with Crippen LogP contribution in [-0.4, -0.2) is 61.5 Å². The van der Waals surface area contributed by atoms with Gasteiger partial charge in [0.2, 0.25) is 6.41 Å². The van der Waals surface area contributed by atoms with E-state index in [-0.39, 0.29) is 23.6 Å². The highest BCUT2D eigenvalue weighted by atomic mass is 32.2. The first-order chi connectivity index (χ1) is 9.53. The second kappa shape index (κ2) is 6.71. The molecular formula is C12H21N3O3S2. The second-order valence-corrected chi connectivity index (χ2v) is 7.92. The van der Waals surface area contributed by atoms with E-state index in [9.17, 15) is 13.2 Å². The largest absolute Gasteiger partial charge is 0.359 e. The van der Waals surface area contributed by atoms with Gasteiger partial charge in [-0.05, 0) is 25.1 Å². The summed E-state index contributed by atoms with van der Waals surface area (Å²) in [7, 11) is -2.91. The molecule has 2 atom stereocenters. The first kappa shape index (κ1) is 15.5. The van der Waals surface area contributed by atoms with Crippen molar-refractivity contribution < 1.29 is 13.2 Å². The number of unbranched alkanes of at least 4 members (excludes halogenated alkanes) is 3. The zero-order valence-corrected chi connectivity index (χ0v) is 13.0. The second-order valence-electron chi connectivity index (χ2n) is 5.38. The lowest BCUT2D eigenvalue weighted by molar-refractivity contribution is -0.109.